The van der Waals surface area contributed by atoms with Crippen LogP contribution in [0.25, 0.3) is 0 Å². The van der Waals surface area contributed by atoms with Gasteiger partial charge in [0.15, 0.2) is 0 Å². The summed E-state index contributed by atoms with van der Waals surface area (Å²) in [7, 11) is 0. The Morgan fingerprint density at radius 3 is 3.08 bits per heavy atom. The topological polar surface area (TPSA) is 15.3 Å². The zero-order valence-corrected chi connectivity index (χ0v) is 9.33. The van der Waals surface area contributed by atoms with E-state index >= 15 is 0 Å². The zero-order chi connectivity index (χ0) is 9.15. The van der Waals surface area contributed by atoms with Crippen molar-refractivity contribution >= 4 is 11.8 Å². The molecule has 0 bridgehead atoms. The standard InChI is InChI=1S/C10H20N2S/c1-2-12-7-3-5-10(9-12)11-6-4-8-13-10/h11H,2-9H2,1H3. The average Bonchev–Trinajstić information content (AvgIpc) is 2.19. The second-order valence-corrected chi connectivity index (χ2v) is 5.57. The number of piperidine rings is 1. The summed E-state index contributed by atoms with van der Waals surface area (Å²) in [6.45, 7) is 7.27. The summed E-state index contributed by atoms with van der Waals surface area (Å²) in [6, 6.07) is 0. The number of likely N-dealkylation sites (tertiary alicyclic amines) is 1. The molecule has 0 aromatic rings. The highest BCUT2D eigenvalue weighted by atomic mass is 32.2. The van der Waals surface area contributed by atoms with E-state index < -0.39 is 0 Å². The quantitative estimate of drug-likeness (QED) is 0.691. The summed E-state index contributed by atoms with van der Waals surface area (Å²) in [6.07, 6.45) is 4.08. The van der Waals surface area contributed by atoms with Crippen molar-refractivity contribution < 1.29 is 0 Å². The molecule has 0 radical (unpaired) electrons. The Morgan fingerprint density at radius 1 is 1.46 bits per heavy atom. The van der Waals surface area contributed by atoms with E-state index in [-0.39, 0.29) is 0 Å². The van der Waals surface area contributed by atoms with Crippen molar-refractivity contribution in [2.45, 2.75) is 31.1 Å². The maximum atomic E-state index is 3.72. The van der Waals surface area contributed by atoms with Crippen molar-refractivity contribution in [1.29, 1.82) is 0 Å². The molecule has 2 aliphatic rings. The molecule has 1 spiro atoms. The molecular weight excluding hydrogens is 180 g/mol. The molecule has 2 fully saturated rings. The molecule has 0 amide bonds. The van der Waals surface area contributed by atoms with Crippen molar-refractivity contribution in [2.75, 3.05) is 31.9 Å². The lowest BCUT2D eigenvalue weighted by Crippen LogP contribution is -2.56. The van der Waals surface area contributed by atoms with Crippen molar-refractivity contribution in [3.05, 3.63) is 0 Å². The third-order valence-corrected chi connectivity index (χ3v) is 4.65. The SMILES string of the molecule is CCN1CCCC2(C1)NCCCS2. The Hall–Kier alpha value is 0.270. The molecule has 0 saturated carbocycles. The summed E-state index contributed by atoms with van der Waals surface area (Å²) >= 11 is 2.15. The normalized spacial score (nSPS) is 36.7. The number of nitrogens with one attached hydrogen (secondary N) is 1. The van der Waals surface area contributed by atoms with Crippen LogP contribution in [0.1, 0.15) is 26.2 Å². The van der Waals surface area contributed by atoms with Crippen LogP contribution in [-0.2, 0) is 0 Å². The molecule has 0 aromatic heterocycles. The molecule has 2 saturated heterocycles. The van der Waals surface area contributed by atoms with Crippen molar-refractivity contribution in [1.82, 2.24) is 10.2 Å². The number of likely N-dealkylation sites (N-methyl/N-ethyl adjacent to an activating group) is 1. The van der Waals surface area contributed by atoms with E-state index in [1.165, 1.54) is 51.2 Å². The third-order valence-electron chi connectivity index (χ3n) is 3.13. The molecule has 1 N–H and O–H groups in total. The summed E-state index contributed by atoms with van der Waals surface area (Å²) in [4.78, 5) is 3.00. The lowest BCUT2D eigenvalue weighted by molar-refractivity contribution is 0.179. The molecule has 2 aliphatic heterocycles. The molecule has 1 atom stereocenters. The molecule has 1 unspecified atom stereocenters. The molecule has 3 heteroatoms. The number of rotatable bonds is 1. The third kappa shape index (κ3) is 2.20. The largest absolute Gasteiger partial charge is 0.302 e. The Labute approximate surface area is 85.4 Å². The predicted molar refractivity (Wildman–Crippen MR) is 59.2 cm³/mol. The van der Waals surface area contributed by atoms with Crippen LogP contribution in [-0.4, -0.2) is 41.7 Å². The van der Waals surface area contributed by atoms with E-state index in [4.69, 9.17) is 0 Å². The summed E-state index contributed by atoms with van der Waals surface area (Å²) in [5.41, 5.74) is 0. The van der Waals surface area contributed by atoms with Gasteiger partial charge in [-0.2, -0.15) is 0 Å². The Kier molecular flexibility index (Phi) is 3.17. The van der Waals surface area contributed by atoms with Gasteiger partial charge < -0.3 is 10.2 Å². The van der Waals surface area contributed by atoms with Crippen LogP contribution in [0.15, 0.2) is 0 Å². The minimum absolute atomic E-state index is 0.423. The molecule has 2 rings (SSSR count). The number of nitrogens with zero attached hydrogens (tertiary/aromatic N) is 1. The van der Waals surface area contributed by atoms with E-state index in [0.717, 1.165) is 0 Å². The smallest absolute Gasteiger partial charge is 0.0774 e. The highest BCUT2D eigenvalue weighted by Gasteiger charge is 2.36. The minimum Gasteiger partial charge on any atom is -0.302 e. The fourth-order valence-corrected chi connectivity index (χ4v) is 3.79. The maximum Gasteiger partial charge on any atom is 0.0774 e. The number of thioether (sulfide) groups is 1. The van der Waals surface area contributed by atoms with Gasteiger partial charge in [-0.15, -0.1) is 11.8 Å². The van der Waals surface area contributed by atoms with E-state index in [0.29, 0.717) is 4.87 Å². The van der Waals surface area contributed by atoms with Crippen molar-refractivity contribution in [3.8, 4) is 0 Å². The van der Waals surface area contributed by atoms with Gasteiger partial charge in [0, 0.05) is 6.54 Å². The van der Waals surface area contributed by atoms with E-state index in [1.54, 1.807) is 0 Å². The lowest BCUT2D eigenvalue weighted by atomic mass is 10.0. The molecule has 2 heterocycles. The second-order valence-electron chi connectivity index (χ2n) is 4.10. The maximum absolute atomic E-state index is 3.72. The molecule has 0 aliphatic carbocycles. The second kappa shape index (κ2) is 4.20. The van der Waals surface area contributed by atoms with Crippen LogP contribution < -0.4 is 5.32 Å². The summed E-state index contributed by atoms with van der Waals surface area (Å²) < 4.78 is 0. The lowest BCUT2D eigenvalue weighted by Gasteiger charge is -2.45. The highest BCUT2D eigenvalue weighted by molar-refractivity contribution is 8.00. The molecule has 2 nitrogen and oxygen atoms in total. The fraction of sp³-hybridized carbons (Fsp3) is 1.00. The highest BCUT2D eigenvalue weighted by Crippen LogP contribution is 2.34. The molecular formula is C10H20N2S. The van der Waals surface area contributed by atoms with Crippen LogP contribution in [0.2, 0.25) is 0 Å². The first-order valence-electron chi connectivity index (χ1n) is 5.46. The van der Waals surface area contributed by atoms with Crippen LogP contribution in [0, 0.1) is 0 Å². The Morgan fingerprint density at radius 2 is 2.38 bits per heavy atom. The Balaban J connectivity index is 1.95. The van der Waals surface area contributed by atoms with Gasteiger partial charge in [0.05, 0.1) is 4.87 Å². The van der Waals surface area contributed by atoms with Crippen molar-refractivity contribution in [3.63, 3.8) is 0 Å². The van der Waals surface area contributed by atoms with Crippen LogP contribution in [0.3, 0.4) is 0 Å². The number of hydrogen-bond donors (Lipinski definition) is 1. The van der Waals surface area contributed by atoms with Crippen molar-refractivity contribution in [2.24, 2.45) is 0 Å². The van der Waals surface area contributed by atoms with Gasteiger partial charge >= 0.3 is 0 Å². The van der Waals surface area contributed by atoms with Gasteiger partial charge in [-0.3, -0.25) is 0 Å². The zero-order valence-electron chi connectivity index (χ0n) is 8.51. The van der Waals surface area contributed by atoms with Gasteiger partial charge in [-0.05, 0) is 44.6 Å². The van der Waals surface area contributed by atoms with Gasteiger partial charge in [0.1, 0.15) is 0 Å². The van der Waals surface area contributed by atoms with Gasteiger partial charge in [0.25, 0.3) is 0 Å². The summed E-state index contributed by atoms with van der Waals surface area (Å²) in [5.74, 6) is 1.35. The molecule has 0 aromatic carbocycles. The van der Waals surface area contributed by atoms with E-state index in [9.17, 15) is 0 Å². The first-order chi connectivity index (χ1) is 6.35. The van der Waals surface area contributed by atoms with Crippen LogP contribution >= 0.6 is 11.8 Å². The monoisotopic (exact) mass is 200 g/mol. The van der Waals surface area contributed by atoms with E-state index in [2.05, 4.69) is 28.9 Å². The number of hydrogen-bond acceptors (Lipinski definition) is 3. The summed E-state index contributed by atoms with van der Waals surface area (Å²) in [5, 5.41) is 3.72. The van der Waals surface area contributed by atoms with E-state index in [1.807, 2.05) is 0 Å². The molecule has 13 heavy (non-hydrogen) atoms. The minimum atomic E-state index is 0.423. The predicted octanol–water partition coefficient (Wildman–Crippen LogP) is 1.52. The van der Waals surface area contributed by atoms with Crippen LogP contribution in [0.4, 0.5) is 0 Å². The first-order valence-corrected chi connectivity index (χ1v) is 6.44. The van der Waals surface area contributed by atoms with Gasteiger partial charge in [0.2, 0.25) is 0 Å². The average molecular weight is 200 g/mol. The van der Waals surface area contributed by atoms with Crippen LogP contribution in [0.5, 0.6) is 0 Å². The van der Waals surface area contributed by atoms with Gasteiger partial charge in [-0.1, -0.05) is 6.92 Å². The fourth-order valence-electron chi connectivity index (χ4n) is 2.35. The first kappa shape index (κ1) is 9.81. The van der Waals surface area contributed by atoms with Gasteiger partial charge in [-0.25, -0.2) is 0 Å². The Bertz CT molecular complexity index is 161. The molecule has 76 valence electrons.